The summed E-state index contributed by atoms with van der Waals surface area (Å²) in [6.07, 6.45) is 4.62. The van der Waals surface area contributed by atoms with Gasteiger partial charge in [-0.25, -0.2) is 4.98 Å². The van der Waals surface area contributed by atoms with Crippen molar-refractivity contribution in [3.63, 3.8) is 0 Å². The first-order valence-corrected chi connectivity index (χ1v) is 7.49. The van der Waals surface area contributed by atoms with Crippen LogP contribution < -0.4 is 10.2 Å². The van der Waals surface area contributed by atoms with Crippen molar-refractivity contribution in [1.29, 1.82) is 0 Å². The lowest BCUT2D eigenvalue weighted by atomic mass is 10.2. The van der Waals surface area contributed by atoms with E-state index < -0.39 is 0 Å². The Kier molecular flexibility index (Phi) is 4.99. The maximum absolute atomic E-state index is 5.09. The lowest BCUT2D eigenvalue weighted by Crippen LogP contribution is -2.20. The number of anilines is 1. The van der Waals surface area contributed by atoms with Crippen molar-refractivity contribution in [3.8, 4) is 0 Å². The molecule has 0 aromatic carbocycles. The first-order valence-electron chi connectivity index (χ1n) is 6.61. The van der Waals surface area contributed by atoms with Crippen molar-refractivity contribution in [3.05, 3.63) is 35.2 Å². The summed E-state index contributed by atoms with van der Waals surface area (Å²) in [5.41, 5.74) is 2.28. The smallest absolute Gasteiger partial charge is 0.185 e. The van der Waals surface area contributed by atoms with Crippen molar-refractivity contribution in [2.45, 2.75) is 32.9 Å². The zero-order valence-corrected chi connectivity index (χ0v) is 12.5. The Balaban J connectivity index is 1.96. The second-order valence-electron chi connectivity index (χ2n) is 4.72. The minimum Gasteiger partial charge on any atom is -0.472 e. The van der Waals surface area contributed by atoms with E-state index in [-0.39, 0.29) is 0 Å². The van der Waals surface area contributed by atoms with E-state index >= 15 is 0 Å². The standard InChI is InChI=1S/C14H21N3OS/c1-4-6-15-11(2)13-10-19-14(16-13)17(3)8-12-5-7-18-9-12/h5,7,9-11,15H,4,6,8H2,1-3H3. The molecule has 0 aliphatic heterocycles. The lowest BCUT2D eigenvalue weighted by molar-refractivity contribution is 0.560. The van der Waals surface area contributed by atoms with Crippen LogP contribution in [0.5, 0.6) is 0 Å². The van der Waals surface area contributed by atoms with Gasteiger partial charge in [0.05, 0.1) is 18.2 Å². The molecular formula is C14H21N3OS. The van der Waals surface area contributed by atoms with E-state index in [0.717, 1.165) is 35.9 Å². The van der Waals surface area contributed by atoms with E-state index in [0.29, 0.717) is 6.04 Å². The predicted molar refractivity (Wildman–Crippen MR) is 79.6 cm³/mol. The van der Waals surface area contributed by atoms with Gasteiger partial charge in [0.1, 0.15) is 0 Å². The van der Waals surface area contributed by atoms with E-state index in [4.69, 9.17) is 9.40 Å². The highest BCUT2D eigenvalue weighted by atomic mass is 32.1. The molecule has 19 heavy (non-hydrogen) atoms. The van der Waals surface area contributed by atoms with Gasteiger partial charge < -0.3 is 14.6 Å². The van der Waals surface area contributed by atoms with Gasteiger partial charge in [-0.15, -0.1) is 11.3 Å². The molecule has 4 nitrogen and oxygen atoms in total. The molecule has 104 valence electrons. The Morgan fingerprint density at radius 1 is 1.53 bits per heavy atom. The summed E-state index contributed by atoms with van der Waals surface area (Å²) in [4.78, 5) is 6.84. The predicted octanol–water partition coefficient (Wildman–Crippen LogP) is 3.43. The Bertz CT molecular complexity index is 481. The van der Waals surface area contributed by atoms with Crippen molar-refractivity contribution < 1.29 is 4.42 Å². The molecule has 0 bridgehead atoms. The third kappa shape index (κ3) is 3.81. The lowest BCUT2D eigenvalue weighted by Gasteiger charge is -2.14. The van der Waals surface area contributed by atoms with Gasteiger partial charge in [-0.05, 0) is 26.0 Å². The molecule has 2 heterocycles. The highest BCUT2D eigenvalue weighted by Gasteiger charge is 2.12. The number of nitrogens with zero attached hydrogens (tertiary/aromatic N) is 2. The SMILES string of the molecule is CCCNC(C)c1csc(N(C)Cc2ccoc2)n1. The van der Waals surface area contributed by atoms with E-state index in [1.807, 2.05) is 6.07 Å². The van der Waals surface area contributed by atoms with E-state index in [2.05, 4.69) is 36.5 Å². The van der Waals surface area contributed by atoms with Gasteiger partial charge in [0.15, 0.2) is 5.13 Å². The quantitative estimate of drug-likeness (QED) is 0.843. The zero-order valence-electron chi connectivity index (χ0n) is 11.7. The molecular weight excluding hydrogens is 258 g/mol. The molecule has 0 radical (unpaired) electrons. The molecule has 0 aliphatic carbocycles. The monoisotopic (exact) mass is 279 g/mol. The maximum Gasteiger partial charge on any atom is 0.185 e. The van der Waals surface area contributed by atoms with Gasteiger partial charge in [0, 0.05) is 30.6 Å². The van der Waals surface area contributed by atoms with Crippen LogP contribution in [0.25, 0.3) is 0 Å². The Hall–Kier alpha value is -1.33. The number of hydrogen-bond acceptors (Lipinski definition) is 5. The maximum atomic E-state index is 5.09. The molecule has 0 spiro atoms. The second-order valence-corrected chi connectivity index (χ2v) is 5.55. The zero-order chi connectivity index (χ0) is 13.7. The fourth-order valence-corrected chi connectivity index (χ4v) is 2.73. The summed E-state index contributed by atoms with van der Waals surface area (Å²) in [5, 5.41) is 6.63. The van der Waals surface area contributed by atoms with Gasteiger partial charge in [-0.3, -0.25) is 0 Å². The van der Waals surface area contributed by atoms with Crippen LogP contribution in [0.15, 0.2) is 28.4 Å². The average molecular weight is 279 g/mol. The van der Waals surface area contributed by atoms with Crippen molar-refractivity contribution >= 4 is 16.5 Å². The Labute approximate surface area is 118 Å². The highest BCUT2D eigenvalue weighted by molar-refractivity contribution is 7.13. The molecule has 0 fully saturated rings. The van der Waals surface area contributed by atoms with Crippen LogP contribution in [-0.2, 0) is 6.54 Å². The van der Waals surface area contributed by atoms with Crippen LogP contribution in [0.4, 0.5) is 5.13 Å². The largest absolute Gasteiger partial charge is 0.472 e. The van der Waals surface area contributed by atoms with Crippen molar-refractivity contribution in [2.24, 2.45) is 0 Å². The minimum atomic E-state index is 0.312. The molecule has 2 rings (SSSR count). The van der Waals surface area contributed by atoms with Crippen LogP contribution >= 0.6 is 11.3 Å². The van der Waals surface area contributed by atoms with Crippen molar-refractivity contribution in [2.75, 3.05) is 18.5 Å². The Morgan fingerprint density at radius 3 is 3.05 bits per heavy atom. The Morgan fingerprint density at radius 2 is 2.37 bits per heavy atom. The van der Waals surface area contributed by atoms with Gasteiger partial charge in [0.2, 0.25) is 0 Å². The van der Waals surface area contributed by atoms with E-state index in [1.54, 1.807) is 23.9 Å². The van der Waals surface area contributed by atoms with E-state index in [1.165, 1.54) is 0 Å². The molecule has 1 N–H and O–H groups in total. The molecule has 2 aromatic heterocycles. The summed E-state index contributed by atoms with van der Waals surface area (Å²) in [7, 11) is 2.06. The number of thiazole rings is 1. The van der Waals surface area contributed by atoms with Crippen LogP contribution in [-0.4, -0.2) is 18.6 Å². The molecule has 2 aromatic rings. The number of aromatic nitrogens is 1. The number of rotatable bonds is 7. The number of hydrogen-bond donors (Lipinski definition) is 1. The average Bonchev–Trinajstić information content (AvgIpc) is 3.06. The van der Waals surface area contributed by atoms with Crippen LogP contribution in [0.2, 0.25) is 0 Å². The molecule has 0 amide bonds. The fraction of sp³-hybridized carbons (Fsp3) is 0.500. The topological polar surface area (TPSA) is 41.3 Å². The molecule has 0 aliphatic rings. The third-order valence-electron chi connectivity index (χ3n) is 2.98. The van der Waals surface area contributed by atoms with Gasteiger partial charge in [-0.1, -0.05) is 6.92 Å². The normalized spacial score (nSPS) is 12.6. The van der Waals surface area contributed by atoms with Crippen LogP contribution in [0, 0.1) is 0 Å². The third-order valence-corrected chi connectivity index (χ3v) is 3.95. The first kappa shape index (κ1) is 14.1. The van der Waals surface area contributed by atoms with Gasteiger partial charge in [0.25, 0.3) is 0 Å². The minimum absolute atomic E-state index is 0.312. The molecule has 0 saturated carbocycles. The molecule has 5 heteroatoms. The van der Waals surface area contributed by atoms with Gasteiger partial charge >= 0.3 is 0 Å². The summed E-state index contributed by atoms with van der Waals surface area (Å²) in [6, 6.07) is 2.29. The molecule has 0 saturated heterocycles. The summed E-state index contributed by atoms with van der Waals surface area (Å²) < 4.78 is 5.09. The summed E-state index contributed by atoms with van der Waals surface area (Å²) >= 11 is 1.69. The summed E-state index contributed by atoms with van der Waals surface area (Å²) in [6.45, 7) is 6.18. The number of nitrogens with one attached hydrogen (secondary N) is 1. The van der Waals surface area contributed by atoms with Crippen LogP contribution in [0.1, 0.15) is 37.6 Å². The van der Waals surface area contributed by atoms with Crippen LogP contribution in [0.3, 0.4) is 0 Å². The van der Waals surface area contributed by atoms with Gasteiger partial charge in [-0.2, -0.15) is 0 Å². The fourth-order valence-electron chi connectivity index (χ4n) is 1.84. The van der Waals surface area contributed by atoms with Crippen molar-refractivity contribution in [1.82, 2.24) is 10.3 Å². The first-order chi connectivity index (χ1) is 9.20. The number of furan rings is 1. The summed E-state index contributed by atoms with van der Waals surface area (Å²) in [5.74, 6) is 0. The molecule has 1 atom stereocenters. The highest BCUT2D eigenvalue weighted by Crippen LogP contribution is 2.24. The second kappa shape index (κ2) is 6.73. The molecule has 1 unspecified atom stereocenters. The van der Waals surface area contributed by atoms with E-state index in [9.17, 15) is 0 Å².